The molecule has 0 heterocycles. The molecular weight excluding hydrogens is 181 g/mol. The van der Waals surface area contributed by atoms with Crippen molar-refractivity contribution in [3.05, 3.63) is 0 Å². The molecule has 0 radical (unpaired) electrons. The van der Waals surface area contributed by atoms with Crippen molar-refractivity contribution in [1.29, 1.82) is 0 Å². The molecule has 0 saturated carbocycles. The predicted molar refractivity (Wildman–Crippen MR) is 47.8 cm³/mol. The van der Waals surface area contributed by atoms with Crippen molar-refractivity contribution < 1.29 is 17.5 Å². The van der Waals surface area contributed by atoms with Gasteiger partial charge in [-0.2, -0.15) is 0 Å². The van der Waals surface area contributed by atoms with Gasteiger partial charge in [0.25, 0.3) is 0 Å². The minimum Gasteiger partial charge on any atom is -0.414 e. The van der Waals surface area contributed by atoms with Crippen LogP contribution in [0.1, 0.15) is 6.42 Å². The molecule has 0 spiro atoms. The fraction of sp³-hybridized carbons (Fsp3) is 1.00. The fourth-order valence-electron chi connectivity index (χ4n) is 0.700. The minimum atomic E-state index is -3.86. The molecule has 0 saturated heterocycles. The summed E-state index contributed by atoms with van der Waals surface area (Å²) in [4.78, 5) is 0. The molecule has 0 aliphatic carbocycles. The minimum absolute atomic E-state index is 0.00341. The van der Waals surface area contributed by atoms with Crippen LogP contribution in [0.15, 0.2) is 0 Å². The molecule has 6 heteroatoms. The van der Waals surface area contributed by atoms with E-state index in [-0.39, 0.29) is 13.2 Å². The van der Waals surface area contributed by atoms with E-state index in [9.17, 15) is 8.22 Å². The van der Waals surface area contributed by atoms with E-state index in [0.29, 0.717) is 13.0 Å². The van der Waals surface area contributed by atoms with Crippen LogP contribution in [0.2, 0.25) is 19.4 Å². The third-order valence-corrected chi connectivity index (χ3v) is 2.68. The molecule has 0 aromatic heterocycles. The first-order valence-electron chi connectivity index (χ1n) is 3.98. The Morgan fingerprint density at radius 2 is 2.00 bits per heavy atom. The Morgan fingerprint density at radius 3 is 2.42 bits per heavy atom. The molecule has 12 heavy (non-hydrogen) atoms. The topological polar surface area (TPSA) is 18.5 Å². The molecular formula is C6H15BF2O2Si. The normalized spacial score (nSPS) is 11.8. The molecule has 0 aromatic rings. The van der Waals surface area contributed by atoms with Crippen molar-refractivity contribution in [2.24, 2.45) is 0 Å². The first kappa shape index (κ1) is 12.1. The third-order valence-electron chi connectivity index (χ3n) is 1.44. The van der Waals surface area contributed by atoms with Gasteiger partial charge in [-0.1, -0.05) is 0 Å². The van der Waals surface area contributed by atoms with Gasteiger partial charge in [0.2, 0.25) is 0 Å². The smallest absolute Gasteiger partial charge is 0.414 e. The lowest BCUT2D eigenvalue weighted by atomic mass is 9.96. The van der Waals surface area contributed by atoms with Gasteiger partial charge in [0.05, 0.1) is 0 Å². The van der Waals surface area contributed by atoms with Gasteiger partial charge < -0.3 is 9.31 Å². The maximum atomic E-state index is 12.4. The van der Waals surface area contributed by atoms with Crippen molar-refractivity contribution in [3.63, 3.8) is 0 Å². The van der Waals surface area contributed by atoms with Crippen molar-refractivity contribution in [2.45, 2.75) is 25.8 Å². The van der Waals surface area contributed by atoms with Crippen LogP contribution in [-0.4, -0.2) is 29.6 Å². The van der Waals surface area contributed by atoms with Crippen molar-refractivity contribution in [2.75, 3.05) is 13.7 Å². The van der Waals surface area contributed by atoms with Gasteiger partial charge in [0, 0.05) is 19.8 Å². The largest absolute Gasteiger partial charge is 0.453 e. The zero-order valence-electron chi connectivity index (χ0n) is 7.77. The Morgan fingerprint density at radius 1 is 1.42 bits per heavy atom. The van der Waals surface area contributed by atoms with Crippen molar-refractivity contribution in [1.82, 2.24) is 0 Å². The summed E-state index contributed by atoms with van der Waals surface area (Å²) < 4.78 is 34.6. The van der Waals surface area contributed by atoms with Crippen LogP contribution in [0.3, 0.4) is 0 Å². The lowest BCUT2D eigenvalue weighted by Crippen LogP contribution is -2.20. The molecule has 0 fully saturated rings. The Bertz CT molecular complexity index is 121. The standard InChI is InChI=1S/C6H15BF2O2Si/c1-7(10-2)11-5-4-6-12(3,8)9/h4-6H2,1-3H3. The molecule has 0 bridgehead atoms. The number of halogens is 2. The van der Waals surface area contributed by atoms with Crippen molar-refractivity contribution >= 4 is 15.9 Å². The zero-order valence-corrected chi connectivity index (χ0v) is 8.77. The summed E-state index contributed by atoms with van der Waals surface area (Å²) in [6, 6.07) is 0.00341. The van der Waals surface area contributed by atoms with E-state index in [2.05, 4.69) is 0 Å². The molecule has 2 nitrogen and oxygen atoms in total. The van der Waals surface area contributed by atoms with Gasteiger partial charge in [-0.15, -0.1) is 0 Å². The highest BCUT2D eigenvalue weighted by Crippen LogP contribution is 2.14. The van der Waals surface area contributed by atoms with Crippen LogP contribution < -0.4 is 0 Å². The average Bonchev–Trinajstić information content (AvgIpc) is 1.96. The second kappa shape index (κ2) is 5.66. The zero-order chi connectivity index (χ0) is 9.61. The quantitative estimate of drug-likeness (QED) is 0.368. The van der Waals surface area contributed by atoms with E-state index in [0.717, 1.165) is 6.55 Å². The van der Waals surface area contributed by atoms with Crippen LogP contribution >= 0.6 is 0 Å². The van der Waals surface area contributed by atoms with Crippen LogP contribution in [0.5, 0.6) is 0 Å². The monoisotopic (exact) mass is 196 g/mol. The SMILES string of the molecule is COB(C)OCCC[Si](C)(F)F. The Labute approximate surface area is 73.7 Å². The van der Waals surface area contributed by atoms with E-state index in [1.54, 1.807) is 6.82 Å². The average molecular weight is 196 g/mol. The fourth-order valence-corrected chi connectivity index (χ4v) is 1.47. The molecule has 72 valence electrons. The third kappa shape index (κ3) is 8.16. The van der Waals surface area contributed by atoms with E-state index >= 15 is 0 Å². The molecule has 0 aromatic carbocycles. The van der Waals surface area contributed by atoms with Crippen LogP contribution in [0.4, 0.5) is 8.22 Å². The van der Waals surface area contributed by atoms with Gasteiger partial charge in [0.1, 0.15) is 0 Å². The Hall–Kier alpha value is 0.0618. The first-order chi connectivity index (χ1) is 5.45. The summed E-state index contributed by atoms with van der Waals surface area (Å²) in [6.45, 7) is 3.14. The number of hydrogen-bond donors (Lipinski definition) is 0. The van der Waals surface area contributed by atoms with Gasteiger partial charge in [-0.3, -0.25) is 8.22 Å². The van der Waals surface area contributed by atoms with Gasteiger partial charge in [0.15, 0.2) is 0 Å². The van der Waals surface area contributed by atoms with Crippen molar-refractivity contribution in [3.8, 4) is 0 Å². The van der Waals surface area contributed by atoms with Crippen LogP contribution in [-0.2, 0) is 9.31 Å². The summed E-state index contributed by atoms with van der Waals surface area (Å²) >= 11 is 0. The highest BCUT2D eigenvalue weighted by molar-refractivity contribution is 6.64. The van der Waals surface area contributed by atoms with Gasteiger partial charge in [-0.05, 0) is 19.8 Å². The Balaban J connectivity index is 3.22. The molecule has 0 unspecified atom stereocenters. The molecule has 0 atom stereocenters. The predicted octanol–water partition coefficient (Wildman–Crippen LogP) is 2.17. The maximum absolute atomic E-state index is 12.4. The number of hydrogen-bond acceptors (Lipinski definition) is 2. The lowest BCUT2D eigenvalue weighted by Gasteiger charge is -2.08. The molecule has 0 aliphatic heterocycles. The molecule has 0 N–H and O–H groups in total. The summed E-state index contributed by atoms with van der Waals surface area (Å²) in [7, 11) is -2.63. The van der Waals surface area contributed by atoms with Crippen LogP contribution in [0, 0.1) is 0 Å². The second-order valence-corrected chi connectivity index (χ2v) is 5.49. The summed E-state index contributed by atoms with van der Waals surface area (Å²) in [5.41, 5.74) is 0. The van der Waals surface area contributed by atoms with E-state index in [1.165, 1.54) is 7.11 Å². The molecule has 0 rings (SSSR count). The summed E-state index contributed by atoms with van der Waals surface area (Å²) in [5.74, 6) is 0. The number of rotatable bonds is 6. The second-order valence-electron chi connectivity index (χ2n) is 2.85. The van der Waals surface area contributed by atoms with E-state index in [4.69, 9.17) is 9.31 Å². The molecule has 0 aliphatic rings. The van der Waals surface area contributed by atoms with E-state index < -0.39 is 8.74 Å². The lowest BCUT2D eigenvalue weighted by molar-refractivity contribution is 0.234. The summed E-state index contributed by atoms with van der Waals surface area (Å²) in [6.07, 6.45) is 0.420. The Kier molecular flexibility index (Phi) is 5.69. The van der Waals surface area contributed by atoms with E-state index in [1.807, 2.05) is 0 Å². The molecule has 0 amide bonds. The summed E-state index contributed by atoms with van der Waals surface area (Å²) in [5, 5.41) is 0. The highest BCUT2D eigenvalue weighted by atomic mass is 28.4. The van der Waals surface area contributed by atoms with Gasteiger partial charge >= 0.3 is 15.9 Å². The highest BCUT2D eigenvalue weighted by Gasteiger charge is 2.26. The van der Waals surface area contributed by atoms with Gasteiger partial charge in [-0.25, -0.2) is 0 Å². The maximum Gasteiger partial charge on any atom is 0.453 e. The first-order valence-corrected chi connectivity index (χ1v) is 6.44. The van der Waals surface area contributed by atoms with Crippen LogP contribution in [0.25, 0.3) is 0 Å².